The summed E-state index contributed by atoms with van der Waals surface area (Å²) in [6.45, 7) is 2.69. The molecule has 1 saturated heterocycles. The molecule has 2 N–H and O–H groups in total. The van der Waals surface area contributed by atoms with E-state index in [0.717, 1.165) is 51.4 Å². The highest BCUT2D eigenvalue weighted by Crippen LogP contribution is 2.19. The van der Waals surface area contributed by atoms with Crippen molar-refractivity contribution in [3.8, 4) is 0 Å². The van der Waals surface area contributed by atoms with Crippen LogP contribution >= 0.6 is 0 Å². The van der Waals surface area contributed by atoms with Crippen LogP contribution in [0.25, 0.3) is 0 Å². The van der Waals surface area contributed by atoms with Gasteiger partial charge in [-0.15, -0.1) is 0 Å². The molecule has 6 heteroatoms. The van der Waals surface area contributed by atoms with Crippen molar-refractivity contribution < 1.29 is 17.9 Å². The molecule has 1 aliphatic heterocycles. The van der Waals surface area contributed by atoms with Gasteiger partial charge in [-0.2, -0.15) is 13.2 Å². The van der Waals surface area contributed by atoms with Crippen molar-refractivity contribution in [2.75, 3.05) is 39.4 Å². The molecule has 18 heavy (non-hydrogen) atoms. The lowest BCUT2D eigenvalue weighted by atomic mass is 9.93. The minimum Gasteiger partial charge on any atom is -0.372 e. The fourth-order valence-electron chi connectivity index (χ4n) is 2.31. The molecule has 0 aromatic heterocycles. The van der Waals surface area contributed by atoms with Gasteiger partial charge in [0.15, 0.2) is 0 Å². The average molecular weight is 268 g/mol. The number of ether oxygens (including phenoxy) is 1. The van der Waals surface area contributed by atoms with Gasteiger partial charge in [-0.05, 0) is 51.2 Å². The van der Waals surface area contributed by atoms with Crippen LogP contribution in [0.1, 0.15) is 25.7 Å². The zero-order valence-electron chi connectivity index (χ0n) is 10.7. The average Bonchev–Trinajstić information content (AvgIpc) is 2.30. The standard InChI is InChI=1S/C12H23F3N2O/c13-12(14,15)10-18-9-1-6-17-7-3-11(2-5-16)4-8-17/h11H,1-10,16H2. The number of halogens is 3. The zero-order chi connectivity index (χ0) is 13.4. The Hall–Kier alpha value is -0.330. The Kier molecular flexibility index (Phi) is 6.96. The van der Waals surface area contributed by atoms with Crippen LogP contribution in [0.4, 0.5) is 13.2 Å². The van der Waals surface area contributed by atoms with E-state index in [1.807, 2.05) is 0 Å². The Morgan fingerprint density at radius 2 is 1.89 bits per heavy atom. The molecular formula is C12H23F3N2O. The predicted molar refractivity (Wildman–Crippen MR) is 64.3 cm³/mol. The third kappa shape index (κ3) is 7.18. The Morgan fingerprint density at radius 1 is 1.22 bits per heavy atom. The van der Waals surface area contributed by atoms with E-state index in [2.05, 4.69) is 9.64 Å². The van der Waals surface area contributed by atoms with Gasteiger partial charge in [0, 0.05) is 13.2 Å². The van der Waals surface area contributed by atoms with Gasteiger partial charge < -0.3 is 15.4 Å². The normalized spacial score (nSPS) is 19.3. The van der Waals surface area contributed by atoms with Crippen molar-refractivity contribution in [3.63, 3.8) is 0 Å². The van der Waals surface area contributed by atoms with E-state index >= 15 is 0 Å². The molecule has 0 aromatic rings. The van der Waals surface area contributed by atoms with Gasteiger partial charge in [0.25, 0.3) is 0 Å². The van der Waals surface area contributed by atoms with Gasteiger partial charge in [-0.3, -0.25) is 0 Å². The third-order valence-electron chi connectivity index (χ3n) is 3.31. The maximum atomic E-state index is 11.8. The first-order valence-corrected chi connectivity index (χ1v) is 6.58. The topological polar surface area (TPSA) is 38.5 Å². The molecule has 0 atom stereocenters. The van der Waals surface area contributed by atoms with Crippen LogP contribution < -0.4 is 5.73 Å². The molecule has 1 rings (SSSR count). The second-order valence-electron chi connectivity index (χ2n) is 4.88. The van der Waals surface area contributed by atoms with E-state index in [0.29, 0.717) is 6.42 Å². The van der Waals surface area contributed by atoms with Crippen LogP contribution in [0.15, 0.2) is 0 Å². The van der Waals surface area contributed by atoms with Crippen molar-refractivity contribution in [1.29, 1.82) is 0 Å². The summed E-state index contributed by atoms with van der Waals surface area (Å²) in [5.74, 6) is 0.729. The molecule has 0 aliphatic carbocycles. The van der Waals surface area contributed by atoms with Crippen LogP contribution in [0.3, 0.4) is 0 Å². The summed E-state index contributed by atoms with van der Waals surface area (Å²) < 4.78 is 40.0. The first-order chi connectivity index (χ1) is 8.51. The lowest BCUT2D eigenvalue weighted by molar-refractivity contribution is -0.174. The number of likely N-dealkylation sites (tertiary alicyclic amines) is 1. The fraction of sp³-hybridized carbons (Fsp3) is 1.00. The highest BCUT2D eigenvalue weighted by molar-refractivity contribution is 4.72. The van der Waals surface area contributed by atoms with Gasteiger partial charge in [-0.25, -0.2) is 0 Å². The van der Waals surface area contributed by atoms with E-state index in [-0.39, 0.29) is 6.61 Å². The molecule has 0 amide bonds. The van der Waals surface area contributed by atoms with Gasteiger partial charge >= 0.3 is 6.18 Å². The quantitative estimate of drug-likeness (QED) is 0.718. The van der Waals surface area contributed by atoms with E-state index < -0.39 is 12.8 Å². The number of rotatable bonds is 7. The minimum absolute atomic E-state index is 0.183. The maximum absolute atomic E-state index is 11.8. The number of hydrogen-bond acceptors (Lipinski definition) is 3. The van der Waals surface area contributed by atoms with E-state index in [9.17, 15) is 13.2 Å². The van der Waals surface area contributed by atoms with Gasteiger partial charge in [0.05, 0.1) is 0 Å². The molecule has 3 nitrogen and oxygen atoms in total. The lowest BCUT2D eigenvalue weighted by Crippen LogP contribution is -2.35. The molecule has 0 saturated carbocycles. The minimum atomic E-state index is -4.21. The molecule has 0 spiro atoms. The SMILES string of the molecule is NCCC1CCN(CCCOCC(F)(F)F)CC1. The number of nitrogens with zero attached hydrogens (tertiary/aromatic N) is 1. The highest BCUT2D eigenvalue weighted by atomic mass is 19.4. The van der Waals surface area contributed by atoms with Crippen molar-refractivity contribution in [3.05, 3.63) is 0 Å². The van der Waals surface area contributed by atoms with Gasteiger partial charge in [0.2, 0.25) is 0 Å². The second kappa shape index (κ2) is 7.96. The van der Waals surface area contributed by atoms with Gasteiger partial charge in [-0.1, -0.05) is 0 Å². The van der Waals surface area contributed by atoms with E-state index in [1.54, 1.807) is 0 Å². The molecule has 0 bridgehead atoms. The summed E-state index contributed by atoms with van der Waals surface area (Å²) in [5, 5.41) is 0. The molecule has 0 radical (unpaired) electrons. The Labute approximate surface area is 106 Å². The zero-order valence-corrected chi connectivity index (χ0v) is 10.7. The number of nitrogens with two attached hydrogens (primary N) is 1. The van der Waals surface area contributed by atoms with Crippen LogP contribution in [0, 0.1) is 5.92 Å². The monoisotopic (exact) mass is 268 g/mol. The number of hydrogen-bond donors (Lipinski definition) is 1. The second-order valence-corrected chi connectivity index (χ2v) is 4.88. The summed E-state index contributed by atoms with van der Waals surface area (Å²) in [5.41, 5.74) is 5.52. The van der Waals surface area contributed by atoms with Crippen molar-refractivity contribution in [2.24, 2.45) is 11.7 Å². The van der Waals surface area contributed by atoms with Crippen LogP contribution in [0.2, 0.25) is 0 Å². The predicted octanol–water partition coefficient (Wildman–Crippen LogP) is 2.02. The Balaban J connectivity index is 1.98. The summed E-state index contributed by atoms with van der Waals surface area (Å²) >= 11 is 0. The smallest absolute Gasteiger partial charge is 0.372 e. The maximum Gasteiger partial charge on any atom is 0.411 e. The summed E-state index contributed by atoms with van der Waals surface area (Å²) in [6.07, 6.45) is -0.151. The molecule has 0 aromatic carbocycles. The first-order valence-electron chi connectivity index (χ1n) is 6.58. The van der Waals surface area contributed by atoms with E-state index in [4.69, 9.17) is 5.73 Å². The number of piperidine rings is 1. The fourth-order valence-corrected chi connectivity index (χ4v) is 2.31. The number of alkyl halides is 3. The van der Waals surface area contributed by atoms with Crippen molar-refractivity contribution in [2.45, 2.75) is 31.9 Å². The van der Waals surface area contributed by atoms with E-state index in [1.165, 1.54) is 0 Å². The third-order valence-corrected chi connectivity index (χ3v) is 3.31. The molecule has 108 valence electrons. The highest BCUT2D eigenvalue weighted by Gasteiger charge is 2.27. The Morgan fingerprint density at radius 3 is 2.44 bits per heavy atom. The van der Waals surface area contributed by atoms with Crippen LogP contribution in [0.5, 0.6) is 0 Å². The van der Waals surface area contributed by atoms with Gasteiger partial charge in [0.1, 0.15) is 6.61 Å². The summed E-state index contributed by atoms with van der Waals surface area (Å²) in [7, 11) is 0. The molecule has 1 heterocycles. The lowest BCUT2D eigenvalue weighted by Gasteiger charge is -2.31. The van der Waals surface area contributed by atoms with Crippen molar-refractivity contribution >= 4 is 0 Å². The van der Waals surface area contributed by atoms with Crippen LogP contribution in [-0.2, 0) is 4.74 Å². The Bertz CT molecular complexity index is 216. The summed E-state index contributed by atoms with van der Waals surface area (Å²) in [6, 6.07) is 0. The summed E-state index contributed by atoms with van der Waals surface area (Å²) in [4.78, 5) is 2.30. The first kappa shape index (κ1) is 15.7. The molecular weight excluding hydrogens is 245 g/mol. The molecule has 1 fully saturated rings. The van der Waals surface area contributed by atoms with Crippen LogP contribution in [-0.4, -0.2) is 50.5 Å². The molecule has 1 aliphatic rings. The molecule has 0 unspecified atom stereocenters. The van der Waals surface area contributed by atoms with Crippen molar-refractivity contribution in [1.82, 2.24) is 4.90 Å². The largest absolute Gasteiger partial charge is 0.411 e.